The van der Waals surface area contributed by atoms with Crippen molar-refractivity contribution in [2.75, 3.05) is 19.7 Å². The molecule has 1 heterocycles. The normalized spacial score (nSPS) is 17.1. The second kappa shape index (κ2) is 11.6. The lowest BCUT2D eigenvalue weighted by Crippen LogP contribution is -2.38. The van der Waals surface area contributed by atoms with Gasteiger partial charge in [-0.2, -0.15) is 0 Å². The summed E-state index contributed by atoms with van der Waals surface area (Å²) in [5.41, 5.74) is 3.02. The zero-order valence-electron chi connectivity index (χ0n) is 19.1. The third-order valence-electron chi connectivity index (χ3n) is 5.52. The van der Waals surface area contributed by atoms with Crippen LogP contribution < -0.4 is 16.0 Å². The van der Waals surface area contributed by atoms with E-state index in [4.69, 9.17) is 4.74 Å². The first-order chi connectivity index (χ1) is 15.5. The summed E-state index contributed by atoms with van der Waals surface area (Å²) >= 11 is 0. The van der Waals surface area contributed by atoms with E-state index in [0.717, 1.165) is 30.6 Å². The summed E-state index contributed by atoms with van der Waals surface area (Å²) in [6.45, 7) is 8.13. The van der Waals surface area contributed by atoms with Gasteiger partial charge in [-0.05, 0) is 68.5 Å². The number of carbonyl (C=O) groups is 1. The average Bonchev–Trinajstić information content (AvgIpc) is 3.31. The lowest BCUT2D eigenvalue weighted by atomic mass is 10.1. The van der Waals surface area contributed by atoms with Crippen molar-refractivity contribution in [1.82, 2.24) is 16.0 Å². The van der Waals surface area contributed by atoms with Gasteiger partial charge in [-0.15, -0.1) is 0 Å². The fraction of sp³-hybridized carbons (Fsp3) is 0.440. The number of ether oxygens (including phenoxy) is 1. The molecule has 7 heteroatoms. The Kier molecular flexibility index (Phi) is 8.62. The summed E-state index contributed by atoms with van der Waals surface area (Å²) in [4.78, 5) is 17.1. The molecule has 0 saturated carbocycles. The molecule has 0 bridgehead atoms. The van der Waals surface area contributed by atoms with Gasteiger partial charge in [0.05, 0.1) is 18.7 Å². The molecular formula is C25H33FN4O2. The Morgan fingerprint density at radius 1 is 1.25 bits per heavy atom. The molecule has 1 amide bonds. The summed E-state index contributed by atoms with van der Waals surface area (Å²) in [5.74, 6) is 0.313. The van der Waals surface area contributed by atoms with Crippen LogP contribution in [-0.2, 0) is 11.3 Å². The summed E-state index contributed by atoms with van der Waals surface area (Å²) in [6, 6.07) is 12.6. The average molecular weight is 441 g/mol. The van der Waals surface area contributed by atoms with Gasteiger partial charge in [-0.25, -0.2) is 9.38 Å². The number of nitrogens with zero attached hydrogens (tertiary/aromatic N) is 1. The molecule has 1 aliphatic rings. The summed E-state index contributed by atoms with van der Waals surface area (Å²) < 4.78 is 19.5. The van der Waals surface area contributed by atoms with Gasteiger partial charge in [0.2, 0.25) is 0 Å². The van der Waals surface area contributed by atoms with Crippen molar-refractivity contribution in [2.45, 2.75) is 52.3 Å². The Balaban J connectivity index is 1.61. The van der Waals surface area contributed by atoms with E-state index in [0.29, 0.717) is 36.7 Å². The van der Waals surface area contributed by atoms with E-state index in [1.54, 1.807) is 25.1 Å². The van der Waals surface area contributed by atoms with Crippen LogP contribution in [0.1, 0.15) is 59.8 Å². The third kappa shape index (κ3) is 6.79. The lowest BCUT2D eigenvalue weighted by molar-refractivity contribution is 0.0857. The van der Waals surface area contributed by atoms with Gasteiger partial charge < -0.3 is 20.7 Å². The molecule has 1 saturated heterocycles. The highest BCUT2D eigenvalue weighted by Crippen LogP contribution is 2.16. The highest BCUT2D eigenvalue weighted by Gasteiger charge is 2.17. The zero-order chi connectivity index (χ0) is 22.9. The van der Waals surface area contributed by atoms with Gasteiger partial charge in [0.25, 0.3) is 5.91 Å². The van der Waals surface area contributed by atoms with Gasteiger partial charge in [0, 0.05) is 25.3 Å². The van der Waals surface area contributed by atoms with Crippen LogP contribution in [-0.4, -0.2) is 37.7 Å². The minimum atomic E-state index is -0.215. The van der Waals surface area contributed by atoms with Crippen LogP contribution in [0.4, 0.5) is 4.39 Å². The van der Waals surface area contributed by atoms with Crippen LogP contribution >= 0.6 is 0 Å². The Labute approximate surface area is 189 Å². The molecule has 172 valence electrons. The number of carbonyl (C=O) groups excluding carboxylic acids is 1. The first kappa shape index (κ1) is 23.7. The number of aryl methyl sites for hydroxylation is 1. The van der Waals surface area contributed by atoms with E-state index in [-0.39, 0.29) is 23.9 Å². The fourth-order valence-corrected chi connectivity index (χ4v) is 3.58. The molecule has 2 atom stereocenters. The van der Waals surface area contributed by atoms with Crippen molar-refractivity contribution in [2.24, 2.45) is 4.99 Å². The molecule has 0 aliphatic carbocycles. The maximum Gasteiger partial charge on any atom is 0.251 e. The van der Waals surface area contributed by atoms with Crippen LogP contribution in [0.25, 0.3) is 0 Å². The largest absolute Gasteiger partial charge is 0.376 e. The molecule has 0 aromatic heterocycles. The van der Waals surface area contributed by atoms with Crippen LogP contribution in [0, 0.1) is 12.7 Å². The Morgan fingerprint density at radius 3 is 2.81 bits per heavy atom. The predicted molar refractivity (Wildman–Crippen MR) is 125 cm³/mol. The van der Waals surface area contributed by atoms with Crippen LogP contribution in [0.15, 0.2) is 47.5 Å². The molecule has 0 spiro atoms. The lowest BCUT2D eigenvalue weighted by Gasteiger charge is -2.18. The zero-order valence-corrected chi connectivity index (χ0v) is 19.1. The monoisotopic (exact) mass is 440 g/mol. The van der Waals surface area contributed by atoms with Gasteiger partial charge in [-0.1, -0.05) is 24.3 Å². The number of benzene rings is 2. The second-order valence-corrected chi connectivity index (χ2v) is 8.12. The molecule has 1 fully saturated rings. The molecule has 2 aromatic rings. The van der Waals surface area contributed by atoms with E-state index in [1.807, 2.05) is 38.1 Å². The van der Waals surface area contributed by atoms with E-state index >= 15 is 0 Å². The molecule has 0 radical (unpaired) electrons. The molecule has 3 N–H and O–H groups in total. The van der Waals surface area contributed by atoms with Crippen LogP contribution in [0.3, 0.4) is 0 Å². The van der Waals surface area contributed by atoms with Crippen molar-refractivity contribution in [3.05, 3.63) is 70.5 Å². The second-order valence-electron chi connectivity index (χ2n) is 8.12. The van der Waals surface area contributed by atoms with Crippen LogP contribution in [0.5, 0.6) is 0 Å². The maximum atomic E-state index is 13.9. The fourth-order valence-electron chi connectivity index (χ4n) is 3.58. The molecule has 2 unspecified atom stereocenters. The Bertz CT molecular complexity index is 941. The highest BCUT2D eigenvalue weighted by atomic mass is 19.1. The molecule has 1 aliphatic heterocycles. The number of hydrogen-bond acceptors (Lipinski definition) is 3. The molecular weight excluding hydrogens is 407 g/mol. The summed E-state index contributed by atoms with van der Waals surface area (Å²) in [6.07, 6.45) is 2.15. The smallest absolute Gasteiger partial charge is 0.251 e. The minimum Gasteiger partial charge on any atom is -0.376 e. The van der Waals surface area contributed by atoms with Crippen molar-refractivity contribution in [3.63, 3.8) is 0 Å². The number of aliphatic imine (C=N–C) groups is 1. The number of hydrogen-bond donors (Lipinski definition) is 3. The molecule has 6 nitrogen and oxygen atoms in total. The Morgan fingerprint density at radius 2 is 2.09 bits per heavy atom. The SMILES string of the molecule is CCNC(=NCc1cccc(C(=O)NCC2CCCO2)c1)NC(C)c1ccc(C)c(F)c1. The van der Waals surface area contributed by atoms with E-state index < -0.39 is 0 Å². The van der Waals surface area contributed by atoms with E-state index in [9.17, 15) is 9.18 Å². The van der Waals surface area contributed by atoms with Gasteiger partial charge in [0.15, 0.2) is 5.96 Å². The standard InChI is InChI=1S/C25H33FN4O2/c1-4-27-25(30-18(3)20-11-10-17(2)23(26)14-20)29-15-19-7-5-8-21(13-19)24(31)28-16-22-9-6-12-32-22/h5,7-8,10-11,13-14,18,22H,4,6,9,12,15-16H2,1-3H3,(H,28,31)(H2,27,29,30). The first-order valence-corrected chi connectivity index (χ1v) is 11.3. The minimum absolute atomic E-state index is 0.105. The quantitative estimate of drug-likeness (QED) is 0.430. The molecule has 32 heavy (non-hydrogen) atoms. The number of halogens is 1. The Hall–Kier alpha value is -2.93. The van der Waals surface area contributed by atoms with Crippen LogP contribution in [0.2, 0.25) is 0 Å². The third-order valence-corrected chi connectivity index (χ3v) is 5.52. The summed E-state index contributed by atoms with van der Waals surface area (Å²) in [5, 5.41) is 9.49. The number of rotatable bonds is 8. The number of nitrogens with one attached hydrogen (secondary N) is 3. The van der Waals surface area contributed by atoms with Crippen molar-refractivity contribution in [1.29, 1.82) is 0 Å². The van der Waals surface area contributed by atoms with Gasteiger partial charge in [-0.3, -0.25) is 4.79 Å². The first-order valence-electron chi connectivity index (χ1n) is 11.3. The number of guanidine groups is 1. The van der Waals surface area contributed by atoms with Crippen molar-refractivity contribution in [3.8, 4) is 0 Å². The van der Waals surface area contributed by atoms with Crippen molar-refractivity contribution >= 4 is 11.9 Å². The topological polar surface area (TPSA) is 74.8 Å². The predicted octanol–water partition coefficient (Wildman–Crippen LogP) is 3.86. The molecule has 3 rings (SSSR count). The van der Waals surface area contributed by atoms with Gasteiger partial charge >= 0.3 is 0 Å². The molecule has 2 aromatic carbocycles. The van der Waals surface area contributed by atoms with Gasteiger partial charge in [0.1, 0.15) is 5.82 Å². The van der Waals surface area contributed by atoms with E-state index in [1.165, 1.54) is 0 Å². The number of amides is 1. The highest BCUT2D eigenvalue weighted by molar-refractivity contribution is 5.94. The maximum absolute atomic E-state index is 13.9. The van der Waals surface area contributed by atoms with Crippen molar-refractivity contribution < 1.29 is 13.9 Å². The van der Waals surface area contributed by atoms with E-state index in [2.05, 4.69) is 20.9 Å². The summed E-state index contributed by atoms with van der Waals surface area (Å²) in [7, 11) is 0.